The van der Waals surface area contributed by atoms with Gasteiger partial charge in [0.05, 0.1) is 12.3 Å². The number of hydrogen-bond donors (Lipinski definition) is 1. The second kappa shape index (κ2) is 4.92. The van der Waals surface area contributed by atoms with Crippen molar-refractivity contribution in [3.8, 4) is 0 Å². The summed E-state index contributed by atoms with van der Waals surface area (Å²) in [5.41, 5.74) is 5.81. The van der Waals surface area contributed by atoms with E-state index in [9.17, 15) is 9.59 Å². The van der Waals surface area contributed by atoms with E-state index in [-0.39, 0.29) is 5.56 Å². The normalized spacial score (nSPS) is 13.5. The molecule has 0 fully saturated rings. The van der Waals surface area contributed by atoms with Crippen LogP contribution >= 0.6 is 0 Å². The molecular formula is C16H16N6O2. The van der Waals surface area contributed by atoms with Crippen molar-refractivity contribution in [1.29, 1.82) is 0 Å². The van der Waals surface area contributed by atoms with Crippen LogP contribution in [0.5, 0.6) is 0 Å². The molecule has 8 nitrogen and oxygen atoms in total. The van der Waals surface area contributed by atoms with E-state index in [0.29, 0.717) is 23.7 Å². The summed E-state index contributed by atoms with van der Waals surface area (Å²) in [7, 11) is 3.07. The second-order valence-corrected chi connectivity index (χ2v) is 5.94. The van der Waals surface area contributed by atoms with Gasteiger partial charge in [-0.2, -0.15) is 10.1 Å². The Morgan fingerprint density at radius 3 is 2.50 bits per heavy atom. The zero-order valence-electron chi connectivity index (χ0n) is 13.6. The molecule has 0 spiro atoms. The number of aryl methyl sites for hydroxylation is 2. The molecule has 1 N–H and O–H groups in total. The maximum Gasteiger partial charge on any atom is 0.332 e. The average Bonchev–Trinajstić information content (AvgIpc) is 2.97. The third-order valence-corrected chi connectivity index (χ3v) is 4.33. The van der Waals surface area contributed by atoms with Gasteiger partial charge in [0.25, 0.3) is 5.56 Å². The molecule has 8 heteroatoms. The summed E-state index contributed by atoms with van der Waals surface area (Å²) in [6.07, 6.45) is 0. The van der Waals surface area contributed by atoms with Crippen LogP contribution in [-0.4, -0.2) is 24.4 Å². The molecule has 0 saturated heterocycles. The molecule has 0 aliphatic carbocycles. The van der Waals surface area contributed by atoms with E-state index in [1.54, 1.807) is 11.6 Å². The number of imidazole rings is 1. The highest BCUT2D eigenvalue weighted by atomic mass is 16.2. The number of aromatic nitrogens is 4. The lowest BCUT2D eigenvalue weighted by Gasteiger charge is -2.16. The van der Waals surface area contributed by atoms with Crippen LogP contribution in [0, 0.1) is 6.92 Å². The van der Waals surface area contributed by atoms with E-state index in [2.05, 4.69) is 15.5 Å². The van der Waals surface area contributed by atoms with Gasteiger partial charge in [0.1, 0.15) is 0 Å². The average molecular weight is 324 g/mol. The van der Waals surface area contributed by atoms with Gasteiger partial charge in [0.15, 0.2) is 11.2 Å². The van der Waals surface area contributed by atoms with E-state index in [0.717, 1.165) is 15.8 Å². The third-order valence-electron chi connectivity index (χ3n) is 4.33. The first-order valence-electron chi connectivity index (χ1n) is 7.53. The summed E-state index contributed by atoms with van der Waals surface area (Å²) >= 11 is 0. The number of hydrazone groups is 1. The Kier molecular flexibility index (Phi) is 2.96. The van der Waals surface area contributed by atoms with Crippen molar-refractivity contribution in [2.45, 2.75) is 13.5 Å². The van der Waals surface area contributed by atoms with E-state index in [1.165, 1.54) is 17.2 Å². The Morgan fingerprint density at radius 1 is 1.08 bits per heavy atom. The van der Waals surface area contributed by atoms with E-state index >= 15 is 0 Å². The third kappa shape index (κ3) is 1.92. The van der Waals surface area contributed by atoms with Crippen LogP contribution in [0.4, 0.5) is 5.95 Å². The predicted molar refractivity (Wildman–Crippen MR) is 91.6 cm³/mol. The quantitative estimate of drug-likeness (QED) is 0.709. The van der Waals surface area contributed by atoms with Gasteiger partial charge in [0.2, 0.25) is 5.95 Å². The molecule has 24 heavy (non-hydrogen) atoms. The highest BCUT2D eigenvalue weighted by molar-refractivity contribution is 6.02. The number of hydrogen-bond acceptors (Lipinski definition) is 5. The van der Waals surface area contributed by atoms with Gasteiger partial charge in [-0.25, -0.2) is 10.2 Å². The van der Waals surface area contributed by atoms with Crippen LogP contribution < -0.4 is 16.7 Å². The zero-order valence-corrected chi connectivity index (χ0v) is 13.6. The molecule has 0 unspecified atom stereocenters. The molecule has 122 valence electrons. The number of benzene rings is 1. The van der Waals surface area contributed by atoms with Crippen molar-refractivity contribution in [3.05, 3.63) is 56.2 Å². The SMILES string of the molecule is Cc1ccc(C2=NNc3nc4c(c(=O)n(C)c(=O)n4C)n3C2)cc1. The van der Waals surface area contributed by atoms with Crippen LogP contribution in [0.15, 0.2) is 39.0 Å². The second-order valence-electron chi connectivity index (χ2n) is 5.94. The minimum Gasteiger partial charge on any atom is -0.297 e. The molecule has 1 aliphatic heterocycles. The van der Waals surface area contributed by atoms with Gasteiger partial charge < -0.3 is 0 Å². The fourth-order valence-electron chi connectivity index (χ4n) is 2.89. The summed E-state index contributed by atoms with van der Waals surface area (Å²) in [4.78, 5) is 29.0. The smallest absolute Gasteiger partial charge is 0.297 e. The molecule has 4 rings (SSSR count). The maximum absolute atomic E-state index is 12.5. The minimum atomic E-state index is -0.400. The number of nitrogens with one attached hydrogen (secondary N) is 1. The number of rotatable bonds is 1. The fourth-order valence-corrected chi connectivity index (χ4v) is 2.89. The Morgan fingerprint density at radius 2 is 1.79 bits per heavy atom. The molecule has 0 saturated carbocycles. The van der Waals surface area contributed by atoms with E-state index < -0.39 is 5.69 Å². The van der Waals surface area contributed by atoms with E-state index in [4.69, 9.17) is 0 Å². The molecule has 1 aromatic carbocycles. The Hall–Kier alpha value is -3.16. The molecule has 2 aromatic heterocycles. The molecule has 3 heterocycles. The monoisotopic (exact) mass is 324 g/mol. The highest BCUT2D eigenvalue weighted by Crippen LogP contribution is 2.20. The van der Waals surface area contributed by atoms with Crippen LogP contribution in [0.25, 0.3) is 11.2 Å². The predicted octanol–water partition coefficient (Wildman–Crippen LogP) is 0.572. The van der Waals surface area contributed by atoms with Crippen LogP contribution in [0.1, 0.15) is 11.1 Å². The molecule has 0 bridgehead atoms. The Balaban J connectivity index is 1.90. The standard InChI is InChI=1S/C16H16N6O2/c1-9-4-6-10(7-5-9)11-8-22-12-13(17-15(22)19-18-11)20(2)16(24)21(3)14(12)23/h4-7H,8H2,1-3H3,(H,17,19). The van der Waals surface area contributed by atoms with Gasteiger partial charge in [-0.05, 0) is 12.5 Å². The van der Waals surface area contributed by atoms with Gasteiger partial charge >= 0.3 is 5.69 Å². The summed E-state index contributed by atoms with van der Waals surface area (Å²) in [6, 6.07) is 8.02. The molecule has 1 aliphatic rings. The lowest BCUT2D eigenvalue weighted by Crippen LogP contribution is -2.38. The van der Waals surface area contributed by atoms with Gasteiger partial charge in [0, 0.05) is 14.1 Å². The number of nitrogens with zero attached hydrogens (tertiary/aromatic N) is 5. The minimum absolute atomic E-state index is 0.353. The highest BCUT2D eigenvalue weighted by Gasteiger charge is 2.23. The number of fused-ring (bicyclic) bond motifs is 3. The van der Waals surface area contributed by atoms with Crippen molar-refractivity contribution in [2.24, 2.45) is 19.2 Å². The summed E-state index contributed by atoms with van der Waals surface area (Å²) in [5.74, 6) is 0.458. The first kappa shape index (κ1) is 14.4. The van der Waals surface area contributed by atoms with Crippen molar-refractivity contribution in [3.63, 3.8) is 0 Å². The molecule has 0 atom stereocenters. The first-order chi connectivity index (χ1) is 11.5. The van der Waals surface area contributed by atoms with Crippen molar-refractivity contribution in [1.82, 2.24) is 18.7 Å². The molecular weight excluding hydrogens is 308 g/mol. The van der Waals surface area contributed by atoms with Gasteiger partial charge in [-0.3, -0.25) is 18.5 Å². The summed E-state index contributed by atoms with van der Waals surface area (Å²) < 4.78 is 4.23. The lowest BCUT2D eigenvalue weighted by molar-refractivity contribution is 0.704. The summed E-state index contributed by atoms with van der Waals surface area (Å²) in [5, 5.41) is 4.36. The van der Waals surface area contributed by atoms with Crippen molar-refractivity contribution >= 4 is 22.8 Å². The van der Waals surface area contributed by atoms with Gasteiger partial charge in [-0.1, -0.05) is 29.8 Å². The van der Waals surface area contributed by atoms with E-state index in [1.807, 2.05) is 31.2 Å². The van der Waals surface area contributed by atoms with Gasteiger partial charge in [-0.15, -0.1) is 0 Å². The first-order valence-corrected chi connectivity index (χ1v) is 7.53. The molecule has 0 amide bonds. The Bertz CT molecular complexity index is 1110. The topological polar surface area (TPSA) is 86.2 Å². The zero-order chi connectivity index (χ0) is 17.0. The van der Waals surface area contributed by atoms with Crippen LogP contribution in [-0.2, 0) is 20.6 Å². The summed E-state index contributed by atoms with van der Waals surface area (Å²) in [6.45, 7) is 2.44. The maximum atomic E-state index is 12.5. The Labute approximate surface area is 136 Å². The lowest BCUT2D eigenvalue weighted by atomic mass is 10.1. The number of anilines is 1. The van der Waals surface area contributed by atoms with Crippen molar-refractivity contribution in [2.75, 3.05) is 5.43 Å². The molecule has 0 radical (unpaired) electrons. The fraction of sp³-hybridized carbons (Fsp3) is 0.250. The van der Waals surface area contributed by atoms with Crippen molar-refractivity contribution < 1.29 is 0 Å². The largest absolute Gasteiger partial charge is 0.332 e. The van der Waals surface area contributed by atoms with Crippen LogP contribution in [0.2, 0.25) is 0 Å². The van der Waals surface area contributed by atoms with Crippen LogP contribution in [0.3, 0.4) is 0 Å². The molecule has 3 aromatic rings.